The number of hydrogen-bond acceptors (Lipinski definition) is 4. The van der Waals surface area contributed by atoms with E-state index in [1.807, 2.05) is 12.1 Å². The van der Waals surface area contributed by atoms with Crippen LogP contribution in [0.15, 0.2) is 186 Å². The lowest BCUT2D eigenvalue weighted by Gasteiger charge is -2.28. The Hall–Kier alpha value is -7.50. The molecule has 8 aromatic carbocycles. The first-order valence-corrected chi connectivity index (χ1v) is 19.8. The van der Waals surface area contributed by atoms with Crippen molar-refractivity contribution in [2.75, 3.05) is 4.90 Å². The fraction of sp³-hybridized carbons (Fsp3) is 0.0566. The van der Waals surface area contributed by atoms with Crippen LogP contribution in [-0.2, 0) is 5.41 Å². The topological polar surface area (TPSA) is 47.1 Å². The third-order valence-corrected chi connectivity index (χ3v) is 12.2. The van der Waals surface area contributed by atoms with Gasteiger partial charge in [0.15, 0.2) is 5.82 Å². The molecule has 11 aromatic rings. The molecule has 1 aliphatic carbocycles. The maximum Gasteiger partial charge on any atom is 0.237 e. The number of aromatic nitrogens is 3. The molecule has 0 amide bonds. The number of anilines is 3. The van der Waals surface area contributed by atoms with E-state index in [1.54, 1.807) is 0 Å². The normalized spacial score (nSPS) is 13.1. The summed E-state index contributed by atoms with van der Waals surface area (Å²) in [5.74, 6) is 1.43. The number of rotatable bonds is 5. The molecule has 5 heteroatoms. The Bertz CT molecular complexity index is 3390. The minimum absolute atomic E-state index is 0.179. The average Bonchev–Trinajstić information content (AvgIpc) is 3.90. The summed E-state index contributed by atoms with van der Waals surface area (Å²) in [7, 11) is 0. The second-order valence-electron chi connectivity index (χ2n) is 15.8. The van der Waals surface area contributed by atoms with Crippen LogP contribution < -0.4 is 4.90 Å². The third-order valence-electron chi connectivity index (χ3n) is 12.2. The van der Waals surface area contributed by atoms with Crippen molar-refractivity contribution in [1.82, 2.24) is 14.5 Å². The van der Waals surface area contributed by atoms with E-state index in [-0.39, 0.29) is 5.41 Å². The van der Waals surface area contributed by atoms with E-state index in [0.717, 1.165) is 72.2 Å². The van der Waals surface area contributed by atoms with Crippen molar-refractivity contribution in [3.8, 4) is 28.1 Å². The highest BCUT2D eigenvalue weighted by atomic mass is 16.3. The van der Waals surface area contributed by atoms with E-state index in [0.29, 0.717) is 5.95 Å². The standard InChI is InChI=1S/C53H36N4O/c1-53(2)42-22-8-3-18-40(42)49-43(53)23-14-27-47(49)56(34-31-29-33(30-32-34)35-20-13-21-39-38-17-7-12-28-48(38)58-50(35)39)52-54-44-24-9-4-19-41(44)51(55-52)57-45-25-10-5-15-36(45)37-16-6-11-26-46(37)57/h3-32H,1-2H3. The molecule has 1 aliphatic rings. The van der Waals surface area contributed by atoms with Crippen LogP contribution in [0, 0.1) is 0 Å². The monoisotopic (exact) mass is 744 g/mol. The van der Waals surface area contributed by atoms with Gasteiger partial charge in [0.25, 0.3) is 0 Å². The molecule has 0 fully saturated rings. The van der Waals surface area contributed by atoms with Gasteiger partial charge in [0.1, 0.15) is 11.2 Å². The van der Waals surface area contributed by atoms with Crippen molar-refractivity contribution in [3.63, 3.8) is 0 Å². The Morgan fingerprint density at radius 3 is 1.90 bits per heavy atom. The van der Waals surface area contributed by atoms with Crippen molar-refractivity contribution >= 4 is 72.0 Å². The SMILES string of the molecule is CC1(C)c2ccccc2-c2c(N(c3ccc(-c4cccc5c4oc4ccccc45)cc3)c3nc(-n4c5ccccc5c5ccccc54)c4ccccc4n3)cccc21. The molecule has 0 atom stereocenters. The molecular formula is C53H36N4O. The van der Waals surface area contributed by atoms with Gasteiger partial charge in [-0.1, -0.05) is 147 Å². The van der Waals surface area contributed by atoms with Crippen LogP contribution in [0.1, 0.15) is 25.0 Å². The fourth-order valence-electron chi connectivity index (χ4n) is 9.52. The van der Waals surface area contributed by atoms with Crippen LogP contribution in [0.2, 0.25) is 0 Å². The summed E-state index contributed by atoms with van der Waals surface area (Å²) in [4.78, 5) is 13.3. The van der Waals surface area contributed by atoms with Crippen LogP contribution in [0.5, 0.6) is 0 Å². The zero-order valence-electron chi connectivity index (χ0n) is 32.0. The maximum absolute atomic E-state index is 6.48. The summed E-state index contributed by atoms with van der Waals surface area (Å²) in [6.45, 7) is 4.65. The first-order chi connectivity index (χ1) is 28.5. The van der Waals surface area contributed by atoms with Crippen molar-refractivity contribution in [3.05, 3.63) is 193 Å². The zero-order valence-corrected chi connectivity index (χ0v) is 32.0. The first kappa shape index (κ1) is 32.7. The molecule has 0 aliphatic heterocycles. The lowest BCUT2D eigenvalue weighted by atomic mass is 9.82. The van der Waals surface area contributed by atoms with E-state index < -0.39 is 0 Å². The van der Waals surface area contributed by atoms with Crippen molar-refractivity contribution in [2.45, 2.75) is 19.3 Å². The van der Waals surface area contributed by atoms with Gasteiger partial charge in [-0.15, -0.1) is 0 Å². The fourth-order valence-corrected chi connectivity index (χ4v) is 9.52. The molecular weight excluding hydrogens is 709 g/mol. The number of para-hydroxylation sites is 5. The molecule has 274 valence electrons. The lowest BCUT2D eigenvalue weighted by molar-refractivity contribution is 0.660. The predicted molar refractivity (Wildman–Crippen MR) is 239 cm³/mol. The first-order valence-electron chi connectivity index (χ1n) is 19.8. The Morgan fingerprint density at radius 1 is 0.500 bits per heavy atom. The van der Waals surface area contributed by atoms with Crippen molar-refractivity contribution in [2.24, 2.45) is 0 Å². The van der Waals surface area contributed by atoms with Crippen molar-refractivity contribution in [1.29, 1.82) is 0 Å². The lowest BCUT2D eigenvalue weighted by Crippen LogP contribution is -2.17. The van der Waals surface area contributed by atoms with Crippen LogP contribution in [-0.4, -0.2) is 14.5 Å². The summed E-state index contributed by atoms with van der Waals surface area (Å²) >= 11 is 0. The van der Waals surface area contributed by atoms with Crippen molar-refractivity contribution < 1.29 is 4.42 Å². The molecule has 0 spiro atoms. The molecule has 0 bridgehead atoms. The summed E-state index contributed by atoms with van der Waals surface area (Å²) in [5, 5.41) is 5.59. The van der Waals surface area contributed by atoms with Gasteiger partial charge in [0.05, 0.1) is 22.2 Å². The van der Waals surface area contributed by atoms with Gasteiger partial charge in [-0.2, -0.15) is 4.98 Å². The molecule has 3 aromatic heterocycles. The summed E-state index contributed by atoms with van der Waals surface area (Å²) in [6, 6.07) is 64.5. The van der Waals surface area contributed by atoms with Gasteiger partial charge in [-0.3, -0.25) is 9.47 Å². The van der Waals surface area contributed by atoms with Gasteiger partial charge in [-0.05, 0) is 70.8 Å². The van der Waals surface area contributed by atoms with Crippen LogP contribution in [0.4, 0.5) is 17.3 Å². The molecule has 3 heterocycles. The van der Waals surface area contributed by atoms with Crippen LogP contribution in [0.3, 0.4) is 0 Å². The summed E-state index contributed by atoms with van der Waals surface area (Å²) < 4.78 is 8.78. The minimum Gasteiger partial charge on any atom is -0.455 e. The molecule has 0 radical (unpaired) electrons. The Kier molecular flexibility index (Phi) is 6.91. The van der Waals surface area contributed by atoms with E-state index in [4.69, 9.17) is 14.4 Å². The zero-order chi connectivity index (χ0) is 38.5. The Balaban J connectivity index is 1.12. The number of benzene rings is 8. The summed E-state index contributed by atoms with van der Waals surface area (Å²) in [6.07, 6.45) is 0. The van der Waals surface area contributed by atoms with Gasteiger partial charge >= 0.3 is 0 Å². The molecule has 0 saturated carbocycles. The number of furan rings is 1. The van der Waals surface area contributed by atoms with Crippen LogP contribution in [0.25, 0.3) is 82.7 Å². The van der Waals surface area contributed by atoms with E-state index in [1.165, 1.54) is 33.0 Å². The molecule has 58 heavy (non-hydrogen) atoms. The molecule has 0 saturated heterocycles. The van der Waals surface area contributed by atoms with Gasteiger partial charge < -0.3 is 4.42 Å². The smallest absolute Gasteiger partial charge is 0.237 e. The number of fused-ring (bicyclic) bond motifs is 10. The third kappa shape index (κ3) is 4.64. The highest BCUT2D eigenvalue weighted by Crippen LogP contribution is 2.54. The highest BCUT2D eigenvalue weighted by Gasteiger charge is 2.38. The summed E-state index contributed by atoms with van der Waals surface area (Å²) in [5.41, 5.74) is 13.8. The Morgan fingerprint density at radius 2 is 1.10 bits per heavy atom. The molecule has 0 N–H and O–H groups in total. The second-order valence-corrected chi connectivity index (χ2v) is 15.8. The number of hydrogen-bond donors (Lipinski definition) is 0. The largest absolute Gasteiger partial charge is 0.455 e. The van der Waals surface area contributed by atoms with Gasteiger partial charge in [-0.25, -0.2) is 4.98 Å². The minimum atomic E-state index is -0.179. The van der Waals surface area contributed by atoms with E-state index in [9.17, 15) is 0 Å². The van der Waals surface area contributed by atoms with E-state index >= 15 is 0 Å². The second kappa shape index (κ2) is 12.2. The molecule has 12 rings (SSSR count). The Labute approximate surface area is 335 Å². The molecule has 0 unspecified atom stereocenters. The van der Waals surface area contributed by atoms with Crippen LogP contribution >= 0.6 is 0 Å². The van der Waals surface area contributed by atoms with E-state index in [2.05, 4.69) is 193 Å². The average molecular weight is 745 g/mol. The highest BCUT2D eigenvalue weighted by molar-refractivity contribution is 6.11. The number of nitrogens with zero attached hydrogens (tertiary/aromatic N) is 4. The van der Waals surface area contributed by atoms with Gasteiger partial charge in [0.2, 0.25) is 5.95 Å². The quantitative estimate of drug-likeness (QED) is 0.176. The van der Waals surface area contributed by atoms with Gasteiger partial charge in [0, 0.05) is 49.2 Å². The maximum atomic E-state index is 6.48. The molecule has 5 nitrogen and oxygen atoms in total. The predicted octanol–water partition coefficient (Wildman–Crippen LogP) is 14.1.